The second kappa shape index (κ2) is 10.7. The van der Waals surface area contributed by atoms with Crippen LogP contribution in [-0.2, 0) is 11.2 Å². The number of nitrogens with zero attached hydrogens (tertiary/aromatic N) is 3. The number of ether oxygens (including phenoxy) is 1. The van der Waals surface area contributed by atoms with E-state index in [1.54, 1.807) is 6.07 Å². The fourth-order valence-electron chi connectivity index (χ4n) is 2.84. The van der Waals surface area contributed by atoms with Gasteiger partial charge < -0.3 is 15.0 Å². The number of pyridine rings is 1. The number of nitrogens with one attached hydrogen (secondary N) is 1. The summed E-state index contributed by atoms with van der Waals surface area (Å²) >= 11 is 0. The number of likely N-dealkylation sites (N-methyl/N-ethyl adjacent to an activating group) is 1. The molecular formula is C26H27FN4O2. The SMILES string of the molecule is [2H]/C(=C\C(=O)Cc1c(OC([2H])([2H])C([2H])([2H])[2H])c([2H])c2nc([2H])c(C#N)c(Nc3ccc(F)c(C)c3)c2c1[2H])C([2H])([2H])N(C)C([2H])([2H])[2H]. The zero-order valence-corrected chi connectivity index (χ0v) is 17.6. The van der Waals surface area contributed by atoms with Gasteiger partial charge in [0.05, 0.1) is 31.6 Å². The summed E-state index contributed by atoms with van der Waals surface area (Å²) in [6.45, 7) is -11.5. The molecular weight excluding hydrogens is 419 g/mol. The molecule has 6 nitrogen and oxygen atoms in total. The lowest BCUT2D eigenvalue weighted by atomic mass is 10.0. The summed E-state index contributed by atoms with van der Waals surface area (Å²) in [4.78, 5) is 17.3. The number of hydrogen-bond donors (Lipinski definition) is 1. The lowest BCUT2D eigenvalue weighted by Crippen LogP contribution is -2.11. The summed E-state index contributed by atoms with van der Waals surface area (Å²) in [6, 6.07) is 2.75. The van der Waals surface area contributed by atoms with Gasteiger partial charge in [-0.05, 0) is 63.7 Å². The van der Waals surface area contributed by atoms with Crippen molar-refractivity contribution in [3.63, 3.8) is 0 Å². The van der Waals surface area contributed by atoms with E-state index in [4.69, 9.17) is 23.9 Å². The maximum Gasteiger partial charge on any atom is 0.159 e. The average molecular weight is 461 g/mol. The minimum atomic E-state index is -3.50. The third kappa shape index (κ3) is 5.93. The molecule has 7 heteroatoms. The van der Waals surface area contributed by atoms with Crippen LogP contribution in [0.4, 0.5) is 15.8 Å². The van der Waals surface area contributed by atoms with Crippen molar-refractivity contribution in [3.8, 4) is 11.8 Å². The van der Waals surface area contributed by atoms with Crippen molar-refractivity contribution in [1.82, 2.24) is 9.88 Å². The molecule has 0 fully saturated rings. The third-order valence-electron chi connectivity index (χ3n) is 4.31. The number of anilines is 2. The molecule has 1 N–H and O–H groups in total. The Morgan fingerprint density at radius 1 is 1.52 bits per heavy atom. The normalized spacial score (nSPS) is 19.3. The maximum absolute atomic E-state index is 14.0. The number of aryl methyl sites for hydroxylation is 1. The lowest BCUT2D eigenvalue weighted by molar-refractivity contribution is -0.114. The van der Waals surface area contributed by atoms with E-state index >= 15 is 0 Å². The second-order valence-corrected chi connectivity index (χ2v) is 6.76. The first-order valence-electron chi connectivity index (χ1n) is 16.4. The van der Waals surface area contributed by atoms with Crippen molar-refractivity contribution in [2.75, 3.05) is 32.4 Å². The Morgan fingerprint density at radius 3 is 3.09 bits per heavy atom. The number of benzene rings is 2. The van der Waals surface area contributed by atoms with Gasteiger partial charge in [0.15, 0.2) is 5.78 Å². The van der Waals surface area contributed by atoms with E-state index in [-0.39, 0.29) is 27.2 Å². The Labute approximate surface area is 213 Å². The van der Waals surface area contributed by atoms with Crippen LogP contribution in [0.2, 0.25) is 0 Å². The monoisotopic (exact) mass is 460 g/mol. The number of allylic oxidation sites excluding steroid dienone is 1. The largest absolute Gasteiger partial charge is 0.494 e. The quantitative estimate of drug-likeness (QED) is 0.457. The summed E-state index contributed by atoms with van der Waals surface area (Å²) in [5, 5.41) is 12.3. The zero-order valence-electron chi connectivity index (χ0n) is 31.6. The third-order valence-corrected chi connectivity index (χ3v) is 4.31. The van der Waals surface area contributed by atoms with Gasteiger partial charge in [-0.3, -0.25) is 9.78 Å². The molecule has 3 rings (SSSR count). The van der Waals surface area contributed by atoms with E-state index in [9.17, 15) is 14.4 Å². The molecule has 0 aliphatic rings. The van der Waals surface area contributed by atoms with Crippen LogP contribution in [-0.4, -0.2) is 42.7 Å². The molecule has 2 aromatic carbocycles. The molecule has 0 spiro atoms. The van der Waals surface area contributed by atoms with Gasteiger partial charge >= 0.3 is 0 Å². The van der Waals surface area contributed by atoms with Gasteiger partial charge in [0.2, 0.25) is 0 Å². The Kier molecular flexibility index (Phi) is 3.70. The minimum Gasteiger partial charge on any atom is -0.494 e. The van der Waals surface area contributed by atoms with Gasteiger partial charge in [0.25, 0.3) is 0 Å². The van der Waals surface area contributed by atoms with Crippen molar-refractivity contribution in [2.45, 2.75) is 20.2 Å². The summed E-state index contributed by atoms with van der Waals surface area (Å²) < 4.78 is 130. The number of hydrogen-bond acceptors (Lipinski definition) is 6. The van der Waals surface area contributed by atoms with E-state index < -0.39 is 91.6 Å². The number of carbonyl (C=O) groups excluding carboxylic acids is 1. The van der Waals surface area contributed by atoms with E-state index in [0.717, 1.165) is 13.1 Å². The highest BCUT2D eigenvalue weighted by atomic mass is 19.1. The van der Waals surface area contributed by atoms with Crippen LogP contribution >= 0.6 is 0 Å². The molecule has 33 heavy (non-hydrogen) atoms. The molecule has 0 saturated heterocycles. The topological polar surface area (TPSA) is 78.2 Å². The van der Waals surface area contributed by atoms with Gasteiger partial charge in [0, 0.05) is 52.7 Å². The molecule has 1 heterocycles. The summed E-state index contributed by atoms with van der Waals surface area (Å²) in [5.74, 6) is -2.66. The molecule has 1 aromatic heterocycles. The number of ketones is 1. The number of nitriles is 1. The molecule has 0 aliphatic heterocycles. The van der Waals surface area contributed by atoms with Crippen LogP contribution in [0.1, 0.15) is 42.7 Å². The summed E-state index contributed by atoms with van der Waals surface area (Å²) in [7, 11) is 0.859. The van der Waals surface area contributed by atoms with Gasteiger partial charge in [-0.25, -0.2) is 4.39 Å². The standard InChI is InChI=1S/C26H27FN4O2/c1-5-33-25-14-24-22(13-18(25)12-21(32)7-6-10-31(3)4)26(19(15-28)16-29-24)30-20-8-9-23(27)17(2)11-20/h6-9,11,13-14,16H,5,10,12H2,1-4H3,(H,29,30)/b7-6+/i1D3,3D3,5D2,6D,10D2,13D,14D,16D. The Morgan fingerprint density at radius 2 is 2.36 bits per heavy atom. The van der Waals surface area contributed by atoms with E-state index in [1.165, 1.54) is 19.1 Å². The molecule has 3 aromatic rings. The smallest absolute Gasteiger partial charge is 0.159 e. The predicted octanol–water partition coefficient (Wildman–Crippen LogP) is 4.93. The van der Waals surface area contributed by atoms with Gasteiger partial charge in [-0.15, -0.1) is 0 Å². The number of carbonyl (C=O) groups is 1. The first-order valence-corrected chi connectivity index (χ1v) is 9.39. The Balaban J connectivity index is 2.37. The van der Waals surface area contributed by atoms with E-state index in [1.807, 2.05) is 0 Å². The highest BCUT2D eigenvalue weighted by Gasteiger charge is 2.16. The first-order chi connectivity index (χ1) is 21.3. The Bertz CT molecular complexity index is 1820. The van der Waals surface area contributed by atoms with Gasteiger partial charge in [0.1, 0.15) is 17.6 Å². The summed E-state index contributed by atoms with van der Waals surface area (Å²) in [5.41, 5.74) is -1.52. The van der Waals surface area contributed by atoms with Crippen molar-refractivity contribution in [3.05, 3.63) is 71.1 Å². The number of aromatic nitrogens is 1. The molecule has 0 saturated carbocycles. The first kappa shape index (κ1) is 11.4. The number of fused-ring (bicyclic) bond motifs is 1. The van der Waals surface area contributed by atoms with Crippen molar-refractivity contribution in [1.29, 1.82) is 5.26 Å². The van der Waals surface area contributed by atoms with Crippen LogP contribution in [0.25, 0.3) is 10.9 Å². The molecule has 170 valence electrons. The lowest BCUT2D eigenvalue weighted by Gasteiger charge is -2.15. The highest BCUT2D eigenvalue weighted by molar-refractivity contribution is 5.98. The number of rotatable bonds is 9. The number of halogens is 1. The second-order valence-electron chi connectivity index (χ2n) is 6.76. The van der Waals surface area contributed by atoms with Gasteiger partial charge in [-0.2, -0.15) is 5.26 Å². The van der Waals surface area contributed by atoms with E-state index in [0.29, 0.717) is 6.08 Å². The summed E-state index contributed by atoms with van der Waals surface area (Å²) in [6.07, 6.45) is -1.31. The van der Waals surface area contributed by atoms with Crippen LogP contribution in [0, 0.1) is 24.1 Å². The maximum atomic E-state index is 14.0. The van der Waals surface area contributed by atoms with Crippen molar-refractivity contribution < 1.29 is 33.1 Å². The fourth-order valence-corrected chi connectivity index (χ4v) is 2.84. The van der Waals surface area contributed by atoms with Crippen molar-refractivity contribution >= 4 is 28.1 Å². The fraction of sp³-hybridized carbons (Fsp3) is 0.269. The molecule has 0 bridgehead atoms. The van der Waals surface area contributed by atoms with Crippen LogP contribution in [0.3, 0.4) is 0 Å². The molecule has 0 radical (unpaired) electrons. The highest BCUT2D eigenvalue weighted by Crippen LogP contribution is 2.34. The zero-order chi connectivity index (χ0) is 36.0. The molecule has 0 atom stereocenters. The van der Waals surface area contributed by atoms with E-state index in [2.05, 4.69) is 10.3 Å². The van der Waals surface area contributed by atoms with Crippen LogP contribution in [0.5, 0.6) is 5.75 Å². The molecule has 0 unspecified atom stereocenters. The molecule has 0 aliphatic carbocycles. The van der Waals surface area contributed by atoms with Crippen molar-refractivity contribution in [2.24, 2.45) is 0 Å². The predicted molar refractivity (Wildman–Crippen MR) is 128 cm³/mol. The minimum absolute atomic E-state index is 0.178. The Hall–Kier alpha value is -3.76. The van der Waals surface area contributed by atoms with Crippen LogP contribution in [0.15, 0.2) is 48.6 Å². The van der Waals surface area contributed by atoms with Crippen LogP contribution < -0.4 is 10.1 Å². The average Bonchev–Trinajstić information content (AvgIpc) is 2.93. The molecule has 0 amide bonds. The van der Waals surface area contributed by atoms with Gasteiger partial charge in [-0.1, -0.05) is 6.05 Å².